The maximum absolute atomic E-state index is 4.55. The van der Waals surface area contributed by atoms with Crippen molar-refractivity contribution in [3.63, 3.8) is 0 Å². The lowest BCUT2D eigenvalue weighted by Gasteiger charge is -2.16. The van der Waals surface area contributed by atoms with Crippen LogP contribution in [0.1, 0.15) is 59.2 Å². The Morgan fingerprint density at radius 3 is 2.33 bits per heavy atom. The number of aromatic nitrogens is 2. The van der Waals surface area contributed by atoms with Gasteiger partial charge in [-0.05, 0) is 41.6 Å². The summed E-state index contributed by atoms with van der Waals surface area (Å²) in [5.41, 5.74) is 0. The van der Waals surface area contributed by atoms with Crippen LogP contribution in [0.3, 0.4) is 0 Å². The van der Waals surface area contributed by atoms with Crippen LogP contribution in [0.2, 0.25) is 0 Å². The molecule has 1 unspecified atom stereocenters. The minimum Gasteiger partial charge on any atom is -0.367 e. The van der Waals surface area contributed by atoms with E-state index in [1.165, 1.54) is 6.42 Å². The Labute approximate surface area is 119 Å². The molecule has 1 rings (SSSR count). The average Bonchev–Trinajstić information content (AvgIpc) is 2.25. The maximum atomic E-state index is 4.55. The lowest BCUT2D eigenvalue weighted by Crippen LogP contribution is -2.17. The Morgan fingerprint density at radius 1 is 1.11 bits per heavy atom. The van der Waals surface area contributed by atoms with Crippen molar-refractivity contribution in [3.05, 3.63) is 16.5 Å². The second-order valence-corrected chi connectivity index (χ2v) is 6.42. The molecule has 1 atom stereocenters. The van der Waals surface area contributed by atoms with Crippen LogP contribution in [0.5, 0.6) is 0 Å². The first-order chi connectivity index (χ1) is 8.38. The first-order valence-electron chi connectivity index (χ1n) is 6.69. The molecule has 0 aliphatic rings. The van der Waals surface area contributed by atoms with Gasteiger partial charge < -0.3 is 5.32 Å². The summed E-state index contributed by atoms with van der Waals surface area (Å²) >= 11 is 3.44. The Hall–Kier alpha value is -0.640. The minimum atomic E-state index is 0.342. The Balaban J connectivity index is 2.66. The molecule has 102 valence electrons. The first kappa shape index (κ1) is 15.4. The van der Waals surface area contributed by atoms with Gasteiger partial charge in [0.05, 0.1) is 0 Å². The van der Waals surface area contributed by atoms with Gasteiger partial charge in [-0.25, -0.2) is 9.97 Å². The number of hydrogen-bond acceptors (Lipinski definition) is 3. The number of nitrogens with one attached hydrogen (secondary N) is 1. The first-order valence-corrected chi connectivity index (χ1v) is 7.48. The molecule has 0 saturated carbocycles. The second-order valence-electron chi connectivity index (χ2n) is 5.61. The van der Waals surface area contributed by atoms with Crippen LogP contribution < -0.4 is 5.32 Å². The van der Waals surface area contributed by atoms with Crippen LogP contribution in [0.15, 0.2) is 10.7 Å². The van der Waals surface area contributed by atoms with Crippen LogP contribution in [-0.4, -0.2) is 16.0 Å². The van der Waals surface area contributed by atoms with Crippen molar-refractivity contribution in [2.75, 3.05) is 5.32 Å². The number of nitrogens with zero attached hydrogens (tertiary/aromatic N) is 2. The van der Waals surface area contributed by atoms with E-state index in [1.807, 2.05) is 6.07 Å². The summed E-state index contributed by atoms with van der Waals surface area (Å²) in [6.45, 7) is 10.9. The summed E-state index contributed by atoms with van der Waals surface area (Å²) in [5.74, 6) is 2.88. The van der Waals surface area contributed by atoms with Gasteiger partial charge in [-0.15, -0.1) is 0 Å². The molecule has 1 aromatic heterocycles. The summed E-state index contributed by atoms with van der Waals surface area (Å²) in [6, 6.07) is 2.38. The van der Waals surface area contributed by atoms with E-state index < -0.39 is 0 Å². The number of halogens is 1. The number of anilines is 1. The third kappa shape index (κ3) is 5.34. The molecule has 0 bridgehead atoms. The topological polar surface area (TPSA) is 37.8 Å². The van der Waals surface area contributed by atoms with Crippen molar-refractivity contribution in [2.24, 2.45) is 5.92 Å². The minimum absolute atomic E-state index is 0.342. The molecular weight excluding hydrogens is 290 g/mol. The molecule has 4 heteroatoms. The number of hydrogen-bond donors (Lipinski definition) is 1. The summed E-state index contributed by atoms with van der Waals surface area (Å²) < 4.78 is 0.847. The summed E-state index contributed by atoms with van der Waals surface area (Å²) in [4.78, 5) is 8.93. The largest absolute Gasteiger partial charge is 0.367 e. The Kier molecular flexibility index (Phi) is 6.06. The highest BCUT2D eigenvalue weighted by Gasteiger charge is 2.09. The summed E-state index contributed by atoms with van der Waals surface area (Å²) in [7, 11) is 0. The van der Waals surface area contributed by atoms with Gasteiger partial charge in [0.2, 0.25) is 0 Å². The van der Waals surface area contributed by atoms with Crippen molar-refractivity contribution in [3.8, 4) is 0 Å². The predicted octanol–water partition coefficient (Wildman–Crippen LogP) is 4.60. The molecule has 0 amide bonds. The molecule has 0 radical (unpaired) electrons. The molecule has 0 spiro atoms. The van der Waals surface area contributed by atoms with E-state index in [9.17, 15) is 0 Å². The van der Waals surface area contributed by atoms with Gasteiger partial charge >= 0.3 is 0 Å². The quantitative estimate of drug-likeness (QED) is 0.780. The maximum Gasteiger partial charge on any atom is 0.134 e. The molecule has 1 heterocycles. The van der Waals surface area contributed by atoms with Crippen molar-refractivity contribution in [1.82, 2.24) is 9.97 Å². The standard InChI is InChI=1S/C14H24BrN3/c1-9(2)6-7-11(5)16-13-8-12(15)17-14(18-13)10(3)4/h8-11H,6-7H2,1-5H3,(H,16,17,18). The van der Waals surface area contributed by atoms with Gasteiger partial charge in [0, 0.05) is 18.0 Å². The van der Waals surface area contributed by atoms with Crippen molar-refractivity contribution in [1.29, 1.82) is 0 Å². The van der Waals surface area contributed by atoms with Gasteiger partial charge in [-0.2, -0.15) is 0 Å². The molecule has 0 aliphatic heterocycles. The zero-order valence-corrected chi connectivity index (χ0v) is 13.6. The predicted molar refractivity (Wildman–Crippen MR) is 81.0 cm³/mol. The molecular formula is C14H24BrN3. The fourth-order valence-corrected chi connectivity index (χ4v) is 2.07. The third-order valence-electron chi connectivity index (χ3n) is 2.80. The molecule has 0 fully saturated rings. The van der Waals surface area contributed by atoms with Gasteiger partial charge in [0.15, 0.2) is 0 Å². The Morgan fingerprint density at radius 2 is 1.78 bits per heavy atom. The third-order valence-corrected chi connectivity index (χ3v) is 3.21. The molecule has 18 heavy (non-hydrogen) atoms. The summed E-state index contributed by atoms with van der Waals surface area (Å²) in [6.07, 6.45) is 2.40. The zero-order chi connectivity index (χ0) is 13.7. The second kappa shape index (κ2) is 7.07. The SMILES string of the molecule is CC(C)CCC(C)Nc1cc(Br)nc(C(C)C)n1. The fraction of sp³-hybridized carbons (Fsp3) is 0.714. The van der Waals surface area contributed by atoms with Crippen LogP contribution in [-0.2, 0) is 0 Å². The van der Waals surface area contributed by atoms with Crippen LogP contribution >= 0.6 is 15.9 Å². The van der Waals surface area contributed by atoms with E-state index in [1.54, 1.807) is 0 Å². The summed E-state index contributed by atoms with van der Waals surface area (Å²) in [5, 5.41) is 3.45. The molecule has 0 aromatic carbocycles. The van der Waals surface area contributed by atoms with Crippen molar-refractivity contribution in [2.45, 2.75) is 59.4 Å². The van der Waals surface area contributed by atoms with Gasteiger partial charge in [-0.3, -0.25) is 0 Å². The van der Waals surface area contributed by atoms with Crippen molar-refractivity contribution >= 4 is 21.7 Å². The number of rotatable bonds is 6. The van der Waals surface area contributed by atoms with Gasteiger partial charge in [-0.1, -0.05) is 27.7 Å². The molecule has 1 aromatic rings. The average molecular weight is 314 g/mol. The molecule has 0 aliphatic carbocycles. The molecule has 0 saturated heterocycles. The van der Waals surface area contributed by atoms with Crippen LogP contribution in [0.25, 0.3) is 0 Å². The molecule has 1 N–H and O–H groups in total. The lowest BCUT2D eigenvalue weighted by atomic mass is 10.0. The lowest BCUT2D eigenvalue weighted by molar-refractivity contribution is 0.527. The van der Waals surface area contributed by atoms with E-state index in [0.29, 0.717) is 12.0 Å². The highest BCUT2D eigenvalue weighted by Crippen LogP contribution is 2.19. The monoisotopic (exact) mass is 313 g/mol. The van der Waals surface area contributed by atoms with E-state index in [4.69, 9.17) is 0 Å². The van der Waals surface area contributed by atoms with E-state index in [-0.39, 0.29) is 0 Å². The normalized spacial score (nSPS) is 13.1. The van der Waals surface area contributed by atoms with E-state index >= 15 is 0 Å². The van der Waals surface area contributed by atoms with E-state index in [2.05, 4.69) is 65.8 Å². The highest BCUT2D eigenvalue weighted by molar-refractivity contribution is 9.10. The highest BCUT2D eigenvalue weighted by atomic mass is 79.9. The fourth-order valence-electron chi connectivity index (χ4n) is 1.68. The smallest absolute Gasteiger partial charge is 0.134 e. The molecule has 3 nitrogen and oxygen atoms in total. The van der Waals surface area contributed by atoms with Crippen LogP contribution in [0.4, 0.5) is 5.82 Å². The van der Waals surface area contributed by atoms with E-state index in [0.717, 1.165) is 28.6 Å². The Bertz CT molecular complexity index is 377. The van der Waals surface area contributed by atoms with Crippen LogP contribution in [0, 0.1) is 5.92 Å². The van der Waals surface area contributed by atoms with Gasteiger partial charge in [0.1, 0.15) is 16.2 Å². The zero-order valence-electron chi connectivity index (χ0n) is 12.0. The van der Waals surface area contributed by atoms with Gasteiger partial charge in [0.25, 0.3) is 0 Å². The van der Waals surface area contributed by atoms with Crippen molar-refractivity contribution < 1.29 is 0 Å².